The lowest BCUT2D eigenvalue weighted by Crippen LogP contribution is -2.22. The number of halogens is 1. The van der Waals surface area contributed by atoms with E-state index in [9.17, 15) is 0 Å². The van der Waals surface area contributed by atoms with E-state index in [4.69, 9.17) is 21.6 Å². The van der Waals surface area contributed by atoms with Crippen LogP contribution in [-0.2, 0) is 0 Å². The average molecular weight is 267 g/mol. The Labute approximate surface area is 114 Å². The molecule has 0 aliphatic rings. The molecule has 18 heavy (non-hydrogen) atoms. The Bertz CT molecular complexity index is 438. The molecule has 98 valence electrons. The molecule has 0 atom stereocenters. The van der Waals surface area contributed by atoms with Gasteiger partial charge in [-0.3, -0.25) is 0 Å². The van der Waals surface area contributed by atoms with Crippen molar-refractivity contribution in [2.24, 2.45) is 5.41 Å². The van der Waals surface area contributed by atoms with Gasteiger partial charge in [0, 0.05) is 18.7 Å². The summed E-state index contributed by atoms with van der Waals surface area (Å²) in [6.07, 6.45) is 1.46. The van der Waals surface area contributed by atoms with E-state index in [1.54, 1.807) is 7.11 Å². The van der Waals surface area contributed by atoms with Crippen LogP contribution in [-0.4, -0.2) is 13.7 Å². The highest BCUT2D eigenvalue weighted by Gasteiger charge is 2.17. The molecule has 0 saturated carbocycles. The number of ether oxygens (including phenoxy) is 1. The second kappa shape index (κ2) is 6.51. The minimum atomic E-state index is 0.0855. The van der Waals surface area contributed by atoms with Crippen molar-refractivity contribution in [3.63, 3.8) is 0 Å². The lowest BCUT2D eigenvalue weighted by Gasteiger charge is -2.24. The second-order valence-corrected chi connectivity index (χ2v) is 5.43. The van der Waals surface area contributed by atoms with Crippen LogP contribution in [0.2, 0.25) is 5.02 Å². The first-order valence-electron chi connectivity index (χ1n) is 5.93. The van der Waals surface area contributed by atoms with Crippen LogP contribution in [0.3, 0.4) is 0 Å². The monoisotopic (exact) mass is 266 g/mol. The molecule has 1 aromatic carbocycles. The molecule has 4 heteroatoms. The molecule has 1 rings (SSSR count). The fourth-order valence-corrected chi connectivity index (χ4v) is 1.86. The Kier molecular flexibility index (Phi) is 5.30. The van der Waals surface area contributed by atoms with Gasteiger partial charge in [0.05, 0.1) is 18.2 Å². The molecule has 0 heterocycles. The maximum absolute atomic E-state index is 8.61. The Morgan fingerprint density at radius 3 is 2.72 bits per heavy atom. The summed E-state index contributed by atoms with van der Waals surface area (Å²) in [7, 11) is 1.60. The summed E-state index contributed by atoms with van der Waals surface area (Å²) in [5.74, 6) is 0.672. The van der Waals surface area contributed by atoms with Gasteiger partial charge in [-0.05, 0) is 30.0 Å². The van der Waals surface area contributed by atoms with Crippen LogP contribution >= 0.6 is 11.6 Å². The molecule has 0 aliphatic carbocycles. The maximum Gasteiger partial charge on any atom is 0.137 e. The van der Waals surface area contributed by atoms with E-state index in [0.29, 0.717) is 17.2 Å². The van der Waals surface area contributed by atoms with Crippen molar-refractivity contribution in [2.75, 3.05) is 19.0 Å². The molecular weight excluding hydrogens is 248 g/mol. The van der Waals surface area contributed by atoms with E-state index in [1.807, 2.05) is 18.2 Å². The summed E-state index contributed by atoms with van der Waals surface area (Å²) in [5.41, 5.74) is 1.05. The SMILES string of the molecule is COc1ccc(NCC(C)(C)CCC#N)cc1Cl. The van der Waals surface area contributed by atoms with E-state index in [-0.39, 0.29) is 5.41 Å². The van der Waals surface area contributed by atoms with Crippen molar-refractivity contribution in [1.82, 2.24) is 0 Å². The number of hydrogen-bond acceptors (Lipinski definition) is 3. The lowest BCUT2D eigenvalue weighted by atomic mass is 9.88. The van der Waals surface area contributed by atoms with Crippen LogP contribution in [0.5, 0.6) is 5.75 Å². The lowest BCUT2D eigenvalue weighted by molar-refractivity contribution is 0.364. The predicted molar refractivity (Wildman–Crippen MR) is 75.1 cm³/mol. The highest BCUT2D eigenvalue weighted by atomic mass is 35.5. The van der Waals surface area contributed by atoms with Crippen LogP contribution in [0.25, 0.3) is 0 Å². The van der Waals surface area contributed by atoms with Gasteiger partial charge < -0.3 is 10.1 Å². The first-order chi connectivity index (χ1) is 8.48. The van der Waals surface area contributed by atoms with Gasteiger partial charge in [-0.25, -0.2) is 0 Å². The van der Waals surface area contributed by atoms with Crippen LogP contribution in [0.4, 0.5) is 5.69 Å². The smallest absolute Gasteiger partial charge is 0.137 e. The molecule has 0 saturated heterocycles. The molecule has 0 amide bonds. The molecule has 0 radical (unpaired) electrons. The number of nitriles is 1. The summed E-state index contributed by atoms with van der Waals surface area (Å²) < 4.78 is 5.10. The highest BCUT2D eigenvalue weighted by molar-refractivity contribution is 6.32. The topological polar surface area (TPSA) is 45.0 Å². The van der Waals surface area contributed by atoms with E-state index in [2.05, 4.69) is 25.2 Å². The molecule has 0 fully saturated rings. The molecule has 1 N–H and O–H groups in total. The van der Waals surface area contributed by atoms with Crippen LogP contribution in [0.1, 0.15) is 26.7 Å². The fraction of sp³-hybridized carbons (Fsp3) is 0.500. The van der Waals surface area contributed by atoms with E-state index >= 15 is 0 Å². The number of nitrogens with zero attached hydrogens (tertiary/aromatic N) is 1. The highest BCUT2D eigenvalue weighted by Crippen LogP contribution is 2.28. The molecular formula is C14H19ClN2O. The van der Waals surface area contributed by atoms with E-state index in [0.717, 1.165) is 18.7 Å². The normalized spacial score (nSPS) is 10.8. The minimum absolute atomic E-state index is 0.0855. The molecule has 0 aliphatic heterocycles. The van der Waals surface area contributed by atoms with Gasteiger partial charge in [0.2, 0.25) is 0 Å². The van der Waals surface area contributed by atoms with Crippen molar-refractivity contribution in [1.29, 1.82) is 5.26 Å². The first-order valence-corrected chi connectivity index (χ1v) is 6.31. The molecule has 3 nitrogen and oxygen atoms in total. The fourth-order valence-electron chi connectivity index (χ4n) is 1.60. The molecule has 0 bridgehead atoms. The number of hydrogen-bond donors (Lipinski definition) is 1. The first kappa shape index (κ1) is 14.7. The molecule has 0 aromatic heterocycles. The summed E-state index contributed by atoms with van der Waals surface area (Å²) >= 11 is 6.06. The quantitative estimate of drug-likeness (QED) is 0.843. The van der Waals surface area contributed by atoms with Gasteiger partial charge in [0.25, 0.3) is 0 Å². The summed E-state index contributed by atoms with van der Waals surface area (Å²) in [6.45, 7) is 5.09. The Hall–Kier alpha value is -1.40. The van der Waals surface area contributed by atoms with Crippen molar-refractivity contribution < 1.29 is 4.74 Å². The maximum atomic E-state index is 8.61. The van der Waals surface area contributed by atoms with Crippen molar-refractivity contribution >= 4 is 17.3 Å². The number of nitrogens with one attached hydrogen (secondary N) is 1. The van der Waals surface area contributed by atoms with Crippen molar-refractivity contribution in [2.45, 2.75) is 26.7 Å². The average Bonchev–Trinajstić information content (AvgIpc) is 2.34. The van der Waals surface area contributed by atoms with Gasteiger partial charge in [0.1, 0.15) is 5.75 Å². The number of rotatable bonds is 6. The molecule has 0 spiro atoms. The molecule has 0 unspecified atom stereocenters. The van der Waals surface area contributed by atoms with Gasteiger partial charge in [0.15, 0.2) is 0 Å². The third-order valence-corrected chi connectivity index (χ3v) is 3.13. The Balaban J connectivity index is 2.58. The van der Waals surface area contributed by atoms with Gasteiger partial charge in [-0.1, -0.05) is 25.4 Å². The van der Waals surface area contributed by atoms with Gasteiger partial charge in [-0.15, -0.1) is 0 Å². The number of benzene rings is 1. The number of methoxy groups -OCH3 is 1. The standard InChI is InChI=1S/C14H19ClN2O/c1-14(2,7-4-8-16)10-17-11-5-6-13(18-3)12(15)9-11/h5-6,9,17H,4,7,10H2,1-3H3. The Morgan fingerprint density at radius 1 is 1.44 bits per heavy atom. The van der Waals surface area contributed by atoms with Crippen LogP contribution in [0, 0.1) is 16.7 Å². The van der Waals surface area contributed by atoms with Gasteiger partial charge >= 0.3 is 0 Å². The van der Waals surface area contributed by atoms with Crippen molar-refractivity contribution in [3.8, 4) is 11.8 Å². The van der Waals surface area contributed by atoms with E-state index < -0.39 is 0 Å². The zero-order valence-electron chi connectivity index (χ0n) is 11.1. The second-order valence-electron chi connectivity index (χ2n) is 5.03. The third-order valence-electron chi connectivity index (χ3n) is 2.84. The zero-order valence-corrected chi connectivity index (χ0v) is 11.8. The summed E-state index contributed by atoms with van der Waals surface area (Å²) in [5, 5.41) is 12.5. The Morgan fingerprint density at radius 2 is 2.17 bits per heavy atom. The summed E-state index contributed by atoms with van der Waals surface area (Å²) in [4.78, 5) is 0. The van der Waals surface area contributed by atoms with Gasteiger partial charge in [-0.2, -0.15) is 5.26 Å². The zero-order chi connectivity index (χ0) is 13.6. The minimum Gasteiger partial charge on any atom is -0.495 e. The largest absolute Gasteiger partial charge is 0.495 e. The van der Waals surface area contributed by atoms with E-state index in [1.165, 1.54) is 0 Å². The molecule has 1 aromatic rings. The third kappa shape index (κ3) is 4.46. The van der Waals surface area contributed by atoms with Crippen LogP contribution in [0.15, 0.2) is 18.2 Å². The van der Waals surface area contributed by atoms with Crippen molar-refractivity contribution in [3.05, 3.63) is 23.2 Å². The van der Waals surface area contributed by atoms with Crippen LogP contribution < -0.4 is 10.1 Å². The predicted octanol–water partition coefficient (Wildman–Crippen LogP) is 4.09. The number of anilines is 1. The summed E-state index contributed by atoms with van der Waals surface area (Å²) in [6, 6.07) is 7.80.